The number of rotatable bonds is 5. The van der Waals surface area contributed by atoms with Crippen LogP contribution >= 0.6 is 0 Å². The Hall–Kier alpha value is -0.870. The van der Waals surface area contributed by atoms with E-state index < -0.39 is 9.84 Å². The lowest BCUT2D eigenvalue weighted by Crippen LogP contribution is -2.25. The summed E-state index contributed by atoms with van der Waals surface area (Å²) < 4.78 is 23.9. The Morgan fingerprint density at radius 1 is 1.06 bits per heavy atom. The molecule has 18 heavy (non-hydrogen) atoms. The number of sulfone groups is 1. The highest BCUT2D eigenvalue weighted by Crippen LogP contribution is 2.17. The maximum Gasteiger partial charge on any atom is 0.180 e. The lowest BCUT2D eigenvalue weighted by molar-refractivity contribution is 0.266. The Morgan fingerprint density at radius 2 is 1.56 bits per heavy atom. The second kappa shape index (κ2) is 5.85. The van der Waals surface area contributed by atoms with Gasteiger partial charge >= 0.3 is 0 Å². The van der Waals surface area contributed by atoms with Crippen LogP contribution in [0, 0.1) is 0 Å². The zero-order chi connectivity index (χ0) is 13.9. The van der Waals surface area contributed by atoms with Crippen LogP contribution in [0.15, 0.2) is 29.2 Å². The van der Waals surface area contributed by atoms with Gasteiger partial charge in [-0.05, 0) is 52.4 Å². The molecule has 0 atom stereocenters. The zero-order valence-electron chi connectivity index (χ0n) is 11.8. The fourth-order valence-electron chi connectivity index (χ4n) is 1.53. The van der Waals surface area contributed by atoms with Crippen molar-refractivity contribution in [2.45, 2.75) is 50.4 Å². The SMILES string of the molecule is CC(C)N(C)Cc1ccc(S(=O)(=O)C(C)C)cc1. The van der Waals surface area contributed by atoms with Gasteiger partial charge in [-0.2, -0.15) is 0 Å². The van der Waals surface area contributed by atoms with Gasteiger partial charge in [0.1, 0.15) is 0 Å². The van der Waals surface area contributed by atoms with Crippen LogP contribution in [-0.4, -0.2) is 31.7 Å². The lowest BCUT2D eigenvalue weighted by Gasteiger charge is -2.21. The molecule has 0 saturated carbocycles. The summed E-state index contributed by atoms with van der Waals surface area (Å²) in [5.74, 6) is 0. The van der Waals surface area contributed by atoms with E-state index in [9.17, 15) is 8.42 Å². The molecular weight excluding hydrogens is 246 g/mol. The monoisotopic (exact) mass is 269 g/mol. The molecule has 0 spiro atoms. The van der Waals surface area contributed by atoms with Crippen molar-refractivity contribution in [1.82, 2.24) is 4.90 Å². The molecular formula is C14H23NO2S. The highest BCUT2D eigenvalue weighted by atomic mass is 32.2. The van der Waals surface area contributed by atoms with Gasteiger partial charge in [0.15, 0.2) is 9.84 Å². The lowest BCUT2D eigenvalue weighted by atomic mass is 10.2. The summed E-state index contributed by atoms with van der Waals surface area (Å²) in [6, 6.07) is 7.68. The molecule has 0 fully saturated rings. The number of hydrogen-bond acceptors (Lipinski definition) is 3. The molecule has 0 aromatic heterocycles. The van der Waals surface area contributed by atoms with Crippen LogP contribution < -0.4 is 0 Å². The van der Waals surface area contributed by atoms with Crippen LogP contribution in [0.1, 0.15) is 33.3 Å². The van der Waals surface area contributed by atoms with Gasteiger partial charge in [-0.3, -0.25) is 4.90 Å². The Bertz CT molecular complexity index is 475. The van der Waals surface area contributed by atoms with Gasteiger partial charge in [0, 0.05) is 12.6 Å². The Balaban J connectivity index is 2.88. The van der Waals surface area contributed by atoms with Gasteiger partial charge < -0.3 is 0 Å². The van der Waals surface area contributed by atoms with E-state index in [4.69, 9.17) is 0 Å². The third-order valence-corrected chi connectivity index (χ3v) is 5.36. The van der Waals surface area contributed by atoms with E-state index in [1.807, 2.05) is 12.1 Å². The van der Waals surface area contributed by atoms with Crippen LogP contribution in [0.3, 0.4) is 0 Å². The van der Waals surface area contributed by atoms with Crippen molar-refractivity contribution in [3.63, 3.8) is 0 Å². The first-order valence-corrected chi connectivity index (χ1v) is 7.83. The van der Waals surface area contributed by atoms with Crippen molar-refractivity contribution >= 4 is 9.84 Å². The van der Waals surface area contributed by atoms with Gasteiger partial charge in [-0.25, -0.2) is 8.42 Å². The quantitative estimate of drug-likeness (QED) is 0.825. The summed E-state index contributed by atoms with van der Waals surface area (Å²) in [6.07, 6.45) is 0. The predicted octanol–water partition coefficient (Wildman–Crippen LogP) is 2.71. The average Bonchev–Trinajstić information content (AvgIpc) is 2.29. The average molecular weight is 269 g/mol. The largest absolute Gasteiger partial charge is 0.300 e. The first-order chi connectivity index (χ1) is 8.25. The van der Waals surface area contributed by atoms with Gasteiger partial charge in [0.25, 0.3) is 0 Å². The second-order valence-electron chi connectivity index (χ2n) is 5.25. The van der Waals surface area contributed by atoms with Gasteiger partial charge in [0.2, 0.25) is 0 Å². The summed E-state index contributed by atoms with van der Waals surface area (Å²) in [4.78, 5) is 2.62. The molecule has 0 N–H and O–H groups in total. The van der Waals surface area contributed by atoms with Crippen LogP contribution in [0.4, 0.5) is 0 Å². The molecule has 0 radical (unpaired) electrons. The summed E-state index contributed by atoms with van der Waals surface area (Å²) in [5.41, 5.74) is 1.13. The van der Waals surface area contributed by atoms with E-state index in [-0.39, 0.29) is 5.25 Å². The maximum absolute atomic E-state index is 12.0. The minimum absolute atomic E-state index is 0.373. The molecule has 0 heterocycles. The van der Waals surface area contributed by atoms with E-state index in [2.05, 4.69) is 25.8 Å². The number of nitrogens with zero attached hydrogens (tertiary/aromatic N) is 1. The first-order valence-electron chi connectivity index (χ1n) is 6.28. The van der Waals surface area contributed by atoms with E-state index >= 15 is 0 Å². The summed E-state index contributed by atoms with van der Waals surface area (Å²) in [7, 11) is -1.09. The van der Waals surface area contributed by atoms with Crippen molar-refractivity contribution in [2.75, 3.05) is 7.05 Å². The molecule has 3 nitrogen and oxygen atoms in total. The Kier molecular flexibility index (Phi) is 4.93. The third-order valence-electron chi connectivity index (χ3n) is 3.19. The molecule has 0 aliphatic rings. The van der Waals surface area contributed by atoms with Crippen molar-refractivity contribution < 1.29 is 8.42 Å². The second-order valence-corrected chi connectivity index (χ2v) is 7.75. The third kappa shape index (κ3) is 3.56. The molecule has 1 aromatic rings. The molecule has 0 aliphatic carbocycles. The van der Waals surface area contributed by atoms with Crippen molar-refractivity contribution in [3.05, 3.63) is 29.8 Å². The summed E-state index contributed by atoms with van der Waals surface area (Å²) in [6.45, 7) is 8.51. The van der Waals surface area contributed by atoms with Crippen LogP contribution in [0.5, 0.6) is 0 Å². The fraction of sp³-hybridized carbons (Fsp3) is 0.571. The van der Waals surface area contributed by atoms with Crippen molar-refractivity contribution in [2.24, 2.45) is 0 Å². The number of benzene rings is 1. The van der Waals surface area contributed by atoms with Crippen LogP contribution in [0.2, 0.25) is 0 Å². The standard InChI is InChI=1S/C14H23NO2S/c1-11(2)15(5)10-13-6-8-14(9-7-13)18(16,17)12(3)4/h6-9,11-12H,10H2,1-5H3. The van der Waals surface area contributed by atoms with E-state index in [1.54, 1.807) is 26.0 Å². The fourth-order valence-corrected chi connectivity index (χ4v) is 2.59. The first kappa shape index (κ1) is 15.2. The Labute approximate surface area is 111 Å². The van der Waals surface area contributed by atoms with Crippen molar-refractivity contribution in [3.8, 4) is 0 Å². The summed E-state index contributed by atoms with van der Waals surface area (Å²) in [5, 5.41) is -0.373. The van der Waals surface area contributed by atoms with Gasteiger partial charge in [-0.1, -0.05) is 12.1 Å². The molecule has 0 amide bonds. The van der Waals surface area contributed by atoms with Crippen molar-refractivity contribution in [1.29, 1.82) is 0 Å². The van der Waals surface area contributed by atoms with E-state index in [1.165, 1.54) is 0 Å². The van der Waals surface area contributed by atoms with Crippen LogP contribution in [0.25, 0.3) is 0 Å². The zero-order valence-corrected chi connectivity index (χ0v) is 12.7. The minimum atomic E-state index is -3.15. The molecule has 1 rings (SSSR count). The van der Waals surface area contributed by atoms with Gasteiger partial charge in [-0.15, -0.1) is 0 Å². The Morgan fingerprint density at radius 3 is 1.94 bits per heavy atom. The van der Waals surface area contributed by atoms with Crippen LogP contribution in [-0.2, 0) is 16.4 Å². The molecule has 1 aromatic carbocycles. The normalized spacial score (nSPS) is 12.7. The molecule has 0 unspecified atom stereocenters. The van der Waals surface area contributed by atoms with E-state index in [0.717, 1.165) is 12.1 Å². The highest BCUT2D eigenvalue weighted by molar-refractivity contribution is 7.92. The summed E-state index contributed by atoms with van der Waals surface area (Å²) >= 11 is 0. The minimum Gasteiger partial charge on any atom is -0.300 e. The maximum atomic E-state index is 12.0. The smallest absolute Gasteiger partial charge is 0.180 e. The highest BCUT2D eigenvalue weighted by Gasteiger charge is 2.18. The van der Waals surface area contributed by atoms with Gasteiger partial charge in [0.05, 0.1) is 10.1 Å². The molecule has 102 valence electrons. The molecule has 0 saturated heterocycles. The topological polar surface area (TPSA) is 37.4 Å². The predicted molar refractivity (Wildman–Crippen MR) is 75.4 cm³/mol. The molecule has 4 heteroatoms. The molecule has 0 aliphatic heterocycles. The number of hydrogen-bond donors (Lipinski definition) is 0. The van der Waals surface area contributed by atoms with E-state index in [0.29, 0.717) is 10.9 Å². The molecule has 0 bridgehead atoms.